The minimum absolute atomic E-state index is 0.0662. The fraction of sp³-hybridized carbons (Fsp3) is 0.364. The van der Waals surface area contributed by atoms with Gasteiger partial charge in [0.05, 0.1) is 5.56 Å². The van der Waals surface area contributed by atoms with Crippen LogP contribution in [0.4, 0.5) is 13.2 Å². The fourth-order valence-electron chi connectivity index (χ4n) is 3.43. The molecule has 2 unspecified atom stereocenters. The summed E-state index contributed by atoms with van der Waals surface area (Å²) < 4.78 is 48.2. The Balaban J connectivity index is 2.09. The highest BCUT2D eigenvalue weighted by atomic mass is 35.5. The molecule has 2 atom stereocenters. The van der Waals surface area contributed by atoms with Gasteiger partial charge in [0, 0.05) is 21.2 Å². The van der Waals surface area contributed by atoms with E-state index in [0.29, 0.717) is 0 Å². The van der Waals surface area contributed by atoms with E-state index in [1.807, 2.05) is 0 Å². The number of esters is 1. The molecular weight excluding hydrogens is 470 g/mol. The molecule has 2 aromatic rings. The summed E-state index contributed by atoms with van der Waals surface area (Å²) in [7, 11) is 0. The van der Waals surface area contributed by atoms with Crippen molar-refractivity contribution in [2.45, 2.75) is 51.2 Å². The second-order valence-electron chi connectivity index (χ2n) is 8.34. The molecule has 0 bridgehead atoms. The zero-order valence-corrected chi connectivity index (χ0v) is 19.1. The molecule has 1 heterocycles. The van der Waals surface area contributed by atoms with E-state index in [9.17, 15) is 23.1 Å². The summed E-state index contributed by atoms with van der Waals surface area (Å²) in [4.78, 5) is 17.4. The monoisotopic (exact) mass is 489 g/mol. The van der Waals surface area contributed by atoms with Gasteiger partial charge in [-0.05, 0) is 57.5 Å². The highest BCUT2D eigenvalue weighted by Crippen LogP contribution is 2.50. The van der Waals surface area contributed by atoms with E-state index >= 15 is 0 Å². The van der Waals surface area contributed by atoms with E-state index < -0.39 is 35.0 Å². The van der Waals surface area contributed by atoms with Crippen LogP contribution >= 0.6 is 23.2 Å². The summed E-state index contributed by atoms with van der Waals surface area (Å²) in [5.74, 6) is -0.658. The standard InChI is InChI=1S/C22H20Cl2F3NO4/c1-11-15(6-5-7-16(11)19(30)31-20(2,3)4)17-18(29)21(32-28-17,22(25,26)27)12-8-13(23)10-14(24)9-12/h5-10,18,29H,1-4H3. The smallest absolute Gasteiger partial charge is 0.438 e. The third-order valence-electron chi connectivity index (χ3n) is 4.87. The summed E-state index contributed by atoms with van der Waals surface area (Å²) >= 11 is 11.8. The quantitative estimate of drug-likeness (QED) is 0.552. The molecule has 0 amide bonds. The first-order chi connectivity index (χ1) is 14.7. The molecule has 3 rings (SSSR count). The van der Waals surface area contributed by atoms with Crippen LogP contribution in [0.5, 0.6) is 0 Å². The number of carbonyl (C=O) groups is 1. The van der Waals surface area contributed by atoms with Crippen molar-refractivity contribution in [3.63, 3.8) is 0 Å². The van der Waals surface area contributed by atoms with Gasteiger partial charge >= 0.3 is 12.1 Å². The topological polar surface area (TPSA) is 68.1 Å². The summed E-state index contributed by atoms with van der Waals surface area (Å²) in [6.45, 7) is 6.59. The minimum Gasteiger partial charge on any atom is -0.456 e. The van der Waals surface area contributed by atoms with Gasteiger partial charge in [-0.1, -0.05) is 40.5 Å². The van der Waals surface area contributed by atoms with Crippen LogP contribution in [0.2, 0.25) is 10.0 Å². The number of hydrogen-bond donors (Lipinski definition) is 1. The lowest BCUT2D eigenvalue weighted by molar-refractivity contribution is -0.296. The lowest BCUT2D eigenvalue weighted by Gasteiger charge is -2.33. The largest absolute Gasteiger partial charge is 0.456 e. The molecule has 0 aromatic heterocycles. The van der Waals surface area contributed by atoms with Gasteiger partial charge in [-0.15, -0.1) is 0 Å². The number of alkyl halides is 3. The number of benzene rings is 2. The van der Waals surface area contributed by atoms with E-state index in [2.05, 4.69) is 5.16 Å². The lowest BCUT2D eigenvalue weighted by Crippen LogP contribution is -2.52. The van der Waals surface area contributed by atoms with Gasteiger partial charge < -0.3 is 14.7 Å². The van der Waals surface area contributed by atoms with E-state index in [0.717, 1.165) is 12.1 Å². The van der Waals surface area contributed by atoms with Crippen LogP contribution in [-0.4, -0.2) is 34.7 Å². The summed E-state index contributed by atoms with van der Waals surface area (Å²) in [5.41, 5.74) is -4.38. The molecular formula is C22H20Cl2F3NO4. The molecule has 0 saturated carbocycles. The Morgan fingerprint density at radius 1 is 1.16 bits per heavy atom. The molecule has 0 spiro atoms. The first kappa shape index (κ1) is 24.4. The first-order valence-electron chi connectivity index (χ1n) is 9.48. The van der Waals surface area contributed by atoms with Crippen LogP contribution < -0.4 is 0 Å². The SMILES string of the molecule is Cc1c(C(=O)OC(C)(C)C)cccc1C1=NOC(c2cc(Cl)cc(Cl)c2)(C(F)(F)F)C1O. The molecule has 0 fully saturated rings. The molecule has 2 aromatic carbocycles. The highest BCUT2D eigenvalue weighted by Gasteiger charge is 2.68. The molecule has 1 aliphatic heterocycles. The number of carbonyl (C=O) groups excluding carboxylic acids is 1. The zero-order valence-electron chi connectivity index (χ0n) is 17.6. The van der Waals surface area contributed by atoms with Crippen LogP contribution in [0.15, 0.2) is 41.6 Å². The molecule has 1 aliphatic rings. The molecule has 10 heteroatoms. The van der Waals surface area contributed by atoms with Gasteiger partial charge in [-0.3, -0.25) is 0 Å². The van der Waals surface area contributed by atoms with Crippen molar-refractivity contribution in [2.75, 3.05) is 0 Å². The molecule has 0 aliphatic carbocycles. The van der Waals surface area contributed by atoms with Gasteiger partial charge in [0.1, 0.15) is 11.3 Å². The normalized spacial score (nSPS) is 21.2. The lowest BCUT2D eigenvalue weighted by atomic mass is 9.82. The predicted octanol–water partition coefficient (Wildman–Crippen LogP) is 5.81. The maximum absolute atomic E-state index is 14.3. The number of rotatable bonds is 3. The van der Waals surface area contributed by atoms with Crippen molar-refractivity contribution in [1.82, 2.24) is 0 Å². The second kappa shape index (κ2) is 8.24. The molecule has 32 heavy (non-hydrogen) atoms. The minimum atomic E-state index is -5.08. The van der Waals surface area contributed by atoms with E-state index in [4.69, 9.17) is 32.8 Å². The Kier molecular flexibility index (Phi) is 6.27. The summed E-state index contributed by atoms with van der Waals surface area (Å²) in [6, 6.07) is 7.64. The highest BCUT2D eigenvalue weighted by molar-refractivity contribution is 6.34. The van der Waals surface area contributed by atoms with Crippen molar-refractivity contribution in [3.8, 4) is 0 Å². The van der Waals surface area contributed by atoms with E-state index in [1.165, 1.54) is 31.2 Å². The Bertz CT molecular complexity index is 1080. The number of hydrogen-bond acceptors (Lipinski definition) is 5. The number of oxime groups is 1. The van der Waals surface area contributed by atoms with Crippen molar-refractivity contribution in [3.05, 3.63) is 68.7 Å². The summed E-state index contributed by atoms with van der Waals surface area (Å²) in [5, 5.41) is 14.3. The maximum atomic E-state index is 14.3. The van der Waals surface area contributed by atoms with Gasteiger partial charge in [-0.25, -0.2) is 4.79 Å². The fourth-order valence-corrected chi connectivity index (χ4v) is 3.95. The Labute approximate surface area is 192 Å². The third kappa shape index (κ3) is 4.31. The molecule has 5 nitrogen and oxygen atoms in total. The van der Waals surface area contributed by atoms with Crippen LogP contribution in [0.25, 0.3) is 0 Å². The van der Waals surface area contributed by atoms with Gasteiger partial charge in [0.2, 0.25) is 0 Å². The van der Waals surface area contributed by atoms with Crippen molar-refractivity contribution < 1.29 is 32.6 Å². The average molecular weight is 490 g/mol. The number of halogens is 5. The first-order valence-corrected chi connectivity index (χ1v) is 10.2. The molecule has 1 N–H and O–H groups in total. The predicted molar refractivity (Wildman–Crippen MR) is 114 cm³/mol. The molecule has 172 valence electrons. The number of nitrogens with zero attached hydrogens (tertiary/aromatic N) is 1. The van der Waals surface area contributed by atoms with Crippen LogP contribution in [-0.2, 0) is 15.2 Å². The van der Waals surface area contributed by atoms with Gasteiger partial charge in [0.15, 0.2) is 6.10 Å². The molecule has 0 saturated heterocycles. The van der Waals surface area contributed by atoms with Crippen LogP contribution in [0.3, 0.4) is 0 Å². The van der Waals surface area contributed by atoms with Crippen molar-refractivity contribution in [2.24, 2.45) is 5.16 Å². The van der Waals surface area contributed by atoms with Gasteiger partial charge in [0.25, 0.3) is 5.60 Å². The summed E-state index contributed by atoms with van der Waals surface area (Å²) in [6.07, 6.45) is -7.34. The second-order valence-corrected chi connectivity index (χ2v) is 9.21. The Morgan fingerprint density at radius 2 is 1.75 bits per heavy atom. The Morgan fingerprint density at radius 3 is 2.28 bits per heavy atom. The number of aliphatic hydroxyl groups is 1. The van der Waals surface area contributed by atoms with Crippen LogP contribution in [0, 0.1) is 6.92 Å². The number of aliphatic hydroxyl groups excluding tert-OH is 1. The van der Waals surface area contributed by atoms with E-state index in [1.54, 1.807) is 20.8 Å². The molecule has 0 radical (unpaired) electrons. The third-order valence-corrected chi connectivity index (χ3v) is 5.31. The maximum Gasteiger partial charge on any atom is 0.438 e. The Hall–Kier alpha value is -2.29. The van der Waals surface area contributed by atoms with E-state index in [-0.39, 0.29) is 32.4 Å². The zero-order chi connectivity index (χ0) is 24.1. The van der Waals surface area contributed by atoms with Crippen LogP contribution in [0.1, 0.15) is 47.8 Å². The van der Waals surface area contributed by atoms with Gasteiger partial charge in [-0.2, -0.15) is 13.2 Å². The number of ether oxygens (including phenoxy) is 1. The van der Waals surface area contributed by atoms with Crippen molar-refractivity contribution in [1.29, 1.82) is 0 Å². The van der Waals surface area contributed by atoms with Crippen molar-refractivity contribution >= 4 is 34.9 Å². The average Bonchev–Trinajstić information content (AvgIpc) is 2.97.